The molecule has 0 heterocycles. The van der Waals surface area contributed by atoms with Crippen LogP contribution in [0.15, 0.2) is 24.3 Å². The van der Waals surface area contributed by atoms with Crippen molar-refractivity contribution in [1.82, 2.24) is 0 Å². The molecular formula is C11H12F2O2. The fraction of sp³-hybridized carbons (Fsp3) is 0.364. The highest BCUT2D eigenvalue weighted by molar-refractivity contribution is 5.75. The fourth-order valence-electron chi connectivity index (χ4n) is 1.16. The van der Waals surface area contributed by atoms with Gasteiger partial charge in [-0.2, -0.15) is 8.78 Å². The van der Waals surface area contributed by atoms with Crippen molar-refractivity contribution in [2.45, 2.75) is 26.4 Å². The van der Waals surface area contributed by atoms with Gasteiger partial charge in [0.1, 0.15) is 11.5 Å². The molecule has 0 saturated carbocycles. The van der Waals surface area contributed by atoms with Crippen LogP contribution in [0.25, 0.3) is 0 Å². The molecule has 0 bridgehead atoms. The summed E-state index contributed by atoms with van der Waals surface area (Å²) in [6, 6.07) is 6.31. The molecule has 0 aromatic heterocycles. The van der Waals surface area contributed by atoms with E-state index in [1.807, 2.05) is 0 Å². The van der Waals surface area contributed by atoms with Gasteiger partial charge in [0, 0.05) is 6.42 Å². The van der Waals surface area contributed by atoms with Gasteiger partial charge < -0.3 is 9.53 Å². The first-order valence-electron chi connectivity index (χ1n) is 4.61. The number of benzene rings is 1. The van der Waals surface area contributed by atoms with Gasteiger partial charge in [0.05, 0.1) is 0 Å². The molecule has 0 aliphatic heterocycles. The van der Waals surface area contributed by atoms with Crippen molar-refractivity contribution >= 4 is 5.78 Å². The second kappa shape index (κ2) is 5.44. The smallest absolute Gasteiger partial charge is 0.387 e. The van der Waals surface area contributed by atoms with Crippen molar-refractivity contribution in [3.8, 4) is 5.75 Å². The van der Waals surface area contributed by atoms with E-state index >= 15 is 0 Å². The molecule has 4 heteroatoms. The average Bonchev–Trinajstić information content (AvgIpc) is 2.16. The normalized spacial score (nSPS) is 10.4. The summed E-state index contributed by atoms with van der Waals surface area (Å²) in [5, 5.41) is 0. The quantitative estimate of drug-likeness (QED) is 0.753. The topological polar surface area (TPSA) is 26.3 Å². The molecule has 0 aliphatic rings. The van der Waals surface area contributed by atoms with Crippen molar-refractivity contribution in [3.05, 3.63) is 29.8 Å². The molecule has 1 aromatic rings. The van der Waals surface area contributed by atoms with E-state index in [1.165, 1.54) is 19.1 Å². The van der Waals surface area contributed by atoms with Crippen molar-refractivity contribution in [1.29, 1.82) is 0 Å². The third-order valence-electron chi connectivity index (χ3n) is 1.91. The Bertz CT molecular complexity index is 320. The minimum Gasteiger partial charge on any atom is -0.435 e. The van der Waals surface area contributed by atoms with E-state index in [2.05, 4.69) is 4.74 Å². The third-order valence-corrected chi connectivity index (χ3v) is 1.91. The lowest BCUT2D eigenvalue weighted by molar-refractivity contribution is -0.116. The third kappa shape index (κ3) is 4.54. The van der Waals surface area contributed by atoms with Gasteiger partial charge in [0.15, 0.2) is 0 Å². The molecule has 0 amide bonds. The molecule has 15 heavy (non-hydrogen) atoms. The number of Topliss-reactive ketones (excluding diaryl/α,β-unsaturated/α-hetero) is 1. The minimum absolute atomic E-state index is 0.114. The molecule has 1 rings (SSSR count). The molecule has 82 valence electrons. The summed E-state index contributed by atoms with van der Waals surface area (Å²) in [4.78, 5) is 10.7. The van der Waals surface area contributed by atoms with Crippen LogP contribution in [0.1, 0.15) is 18.9 Å². The summed E-state index contributed by atoms with van der Waals surface area (Å²) < 4.78 is 27.8. The molecule has 0 saturated heterocycles. The maximum atomic E-state index is 11.8. The highest BCUT2D eigenvalue weighted by Gasteiger charge is 2.03. The van der Waals surface area contributed by atoms with E-state index in [1.54, 1.807) is 12.1 Å². The van der Waals surface area contributed by atoms with Crippen LogP contribution < -0.4 is 4.74 Å². The standard InChI is InChI=1S/C11H12F2O2/c1-8(14)2-3-9-4-6-10(7-5-9)15-11(12)13/h4-7,11H,2-3H2,1H3. The number of hydrogen-bond acceptors (Lipinski definition) is 2. The van der Waals surface area contributed by atoms with Gasteiger partial charge in [0.25, 0.3) is 0 Å². The first-order chi connectivity index (χ1) is 7.08. The van der Waals surface area contributed by atoms with Crippen molar-refractivity contribution < 1.29 is 18.3 Å². The Labute approximate surface area is 86.9 Å². The predicted molar refractivity (Wildman–Crippen MR) is 52.1 cm³/mol. The largest absolute Gasteiger partial charge is 0.435 e. The monoisotopic (exact) mass is 214 g/mol. The second-order valence-electron chi connectivity index (χ2n) is 3.22. The molecule has 0 fully saturated rings. The van der Waals surface area contributed by atoms with Gasteiger partial charge in [-0.3, -0.25) is 0 Å². The van der Waals surface area contributed by atoms with E-state index in [4.69, 9.17) is 0 Å². The first-order valence-corrected chi connectivity index (χ1v) is 4.61. The Balaban J connectivity index is 2.52. The molecule has 0 N–H and O–H groups in total. The highest BCUT2D eigenvalue weighted by Crippen LogP contribution is 2.15. The number of ether oxygens (including phenoxy) is 1. The zero-order valence-electron chi connectivity index (χ0n) is 8.37. The zero-order valence-corrected chi connectivity index (χ0v) is 8.37. The second-order valence-corrected chi connectivity index (χ2v) is 3.22. The zero-order chi connectivity index (χ0) is 11.3. The van der Waals surface area contributed by atoms with Crippen LogP contribution in [0.4, 0.5) is 8.78 Å². The maximum absolute atomic E-state index is 11.8. The number of halogens is 2. The summed E-state index contributed by atoms with van der Waals surface area (Å²) in [5.41, 5.74) is 0.937. The number of ketones is 1. The summed E-state index contributed by atoms with van der Waals surface area (Å²) >= 11 is 0. The summed E-state index contributed by atoms with van der Waals surface area (Å²) in [7, 11) is 0. The number of aryl methyl sites for hydroxylation is 1. The molecule has 0 aliphatic carbocycles. The van der Waals surface area contributed by atoms with Gasteiger partial charge in [0.2, 0.25) is 0 Å². The van der Waals surface area contributed by atoms with Crippen molar-refractivity contribution in [2.75, 3.05) is 0 Å². The molecular weight excluding hydrogens is 202 g/mol. The van der Waals surface area contributed by atoms with Gasteiger partial charge in [-0.1, -0.05) is 12.1 Å². The van der Waals surface area contributed by atoms with Crippen molar-refractivity contribution in [3.63, 3.8) is 0 Å². The SMILES string of the molecule is CC(=O)CCc1ccc(OC(F)F)cc1. The fourth-order valence-corrected chi connectivity index (χ4v) is 1.16. The molecule has 2 nitrogen and oxygen atoms in total. The van der Waals surface area contributed by atoms with Crippen LogP contribution in [-0.4, -0.2) is 12.4 Å². The van der Waals surface area contributed by atoms with Crippen molar-refractivity contribution in [2.24, 2.45) is 0 Å². The Morgan fingerprint density at radius 2 is 1.93 bits per heavy atom. The van der Waals surface area contributed by atoms with Gasteiger partial charge >= 0.3 is 6.61 Å². The number of rotatable bonds is 5. The van der Waals surface area contributed by atoms with Crippen LogP contribution in [0, 0.1) is 0 Å². The van der Waals surface area contributed by atoms with Gasteiger partial charge in [-0.25, -0.2) is 0 Å². The van der Waals surface area contributed by atoms with Crippen LogP contribution in [0.2, 0.25) is 0 Å². The minimum atomic E-state index is -2.80. The molecule has 1 aromatic carbocycles. The van der Waals surface area contributed by atoms with Crippen LogP contribution in [-0.2, 0) is 11.2 Å². The number of carbonyl (C=O) groups excluding carboxylic acids is 1. The lowest BCUT2D eigenvalue weighted by Gasteiger charge is -2.05. The van der Waals surface area contributed by atoms with Gasteiger partial charge in [-0.15, -0.1) is 0 Å². The lowest BCUT2D eigenvalue weighted by Crippen LogP contribution is -2.01. The molecule has 0 radical (unpaired) electrons. The Morgan fingerprint density at radius 1 is 1.33 bits per heavy atom. The van der Waals surface area contributed by atoms with E-state index < -0.39 is 6.61 Å². The number of alkyl halides is 2. The number of hydrogen-bond donors (Lipinski definition) is 0. The summed E-state index contributed by atoms with van der Waals surface area (Å²) in [6.45, 7) is -1.28. The van der Waals surface area contributed by atoms with Gasteiger partial charge in [-0.05, 0) is 31.0 Å². The molecule has 0 unspecified atom stereocenters. The van der Waals surface area contributed by atoms with E-state index in [-0.39, 0.29) is 11.5 Å². The average molecular weight is 214 g/mol. The lowest BCUT2D eigenvalue weighted by atomic mass is 10.1. The maximum Gasteiger partial charge on any atom is 0.387 e. The Kier molecular flexibility index (Phi) is 4.21. The first kappa shape index (κ1) is 11.6. The van der Waals surface area contributed by atoms with E-state index in [0.29, 0.717) is 12.8 Å². The Morgan fingerprint density at radius 3 is 2.40 bits per heavy atom. The van der Waals surface area contributed by atoms with Crippen LogP contribution in [0.5, 0.6) is 5.75 Å². The number of carbonyl (C=O) groups is 1. The molecule has 0 spiro atoms. The van der Waals surface area contributed by atoms with Crippen LogP contribution >= 0.6 is 0 Å². The summed E-state index contributed by atoms with van der Waals surface area (Å²) in [5.74, 6) is 0.250. The van der Waals surface area contributed by atoms with E-state index in [9.17, 15) is 13.6 Å². The highest BCUT2D eigenvalue weighted by atomic mass is 19.3. The predicted octanol–water partition coefficient (Wildman–Crippen LogP) is 2.81. The Hall–Kier alpha value is -1.45. The van der Waals surface area contributed by atoms with Crippen LogP contribution in [0.3, 0.4) is 0 Å². The summed E-state index contributed by atoms with van der Waals surface area (Å²) in [6.07, 6.45) is 1.10. The van der Waals surface area contributed by atoms with E-state index in [0.717, 1.165) is 5.56 Å². The molecule has 0 atom stereocenters.